The summed E-state index contributed by atoms with van der Waals surface area (Å²) < 4.78 is 5.23. The molecule has 0 aromatic heterocycles. The predicted molar refractivity (Wildman–Crippen MR) is 104 cm³/mol. The Balaban J connectivity index is 2.67. The van der Waals surface area contributed by atoms with Crippen molar-refractivity contribution in [3.8, 4) is 5.75 Å². The summed E-state index contributed by atoms with van der Waals surface area (Å²) in [4.78, 5) is 25.0. The highest BCUT2D eigenvalue weighted by molar-refractivity contribution is 7.98. The zero-order valence-electron chi connectivity index (χ0n) is 15.6. The van der Waals surface area contributed by atoms with Gasteiger partial charge < -0.3 is 15.4 Å². The quantitative estimate of drug-likeness (QED) is 0.591. The Morgan fingerprint density at radius 3 is 2.56 bits per heavy atom. The Bertz CT molecular complexity index is 549. The Kier molecular flexibility index (Phi) is 10.1. The summed E-state index contributed by atoms with van der Waals surface area (Å²) in [6, 6.07) is 6.48. The lowest BCUT2D eigenvalue weighted by molar-refractivity contribution is -0.123. The van der Waals surface area contributed by atoms with E-state index in [4.69, 9.17) is 4.74 Å². The van der Waals surface area contributed by atoms with Gasteiger partial charge in [-0.05, 0) is 49.3 Å². The molecule has 0 aliphatic heterocycles. The van der Waals surface area contributed by atoms with Crippen molar-refractivity contribution in [3.63, 3.8) is 0 Å². The monoisotopic (exact) mass is 366 g/mol. The molecule has 0 aliphatic rings. The van der Waals surface area contributed by atoms with Crippen LogP contribution in [0.5, 0.6) is 5.75 Å². The fourth-order valence-electron chi connectivity index (χ4n) is 2.42. The van der Waals surface area contributed by atoms with Crippen molar-refractivity contribution >= 4 is 23.6 Å². The van der Waals surface area contributed by atoms with Crippen LogP contribution in [0.4, 0.5) is 0 Å². The standard InChI is InChI=1S/C19H30N2O3S/c1-14(2)8-7-12-20-19(23)16(11-13-25-4)21-18(22)15-9-5-6-10-17(15)24-3/h5-6,9-10,14,16H,7-8,11-13H2,1-4H3,(H,20,23)(H,21,22). The lowest BCUT2D eigenvalue weighted by Gasteiger charge is -2.19. The number of methoxy groups -OCH3 is 1. The third kappa shape index (κ3) is 7.82. The molecule has 0 aliphatic carbocycles. The summed E-state index contributed by atoms with van der Waals surface area (Å²) in [5, 5.41) is 5.79. The van der Waals surface area contributed by atoms with Gasteiger partial charge in [0.2, 0.25) is 5.91 Å². The molecule has 1 rings (SSSR count). The Hall–Kier alpha value is -1.69. The molecule has 1 atom stereocenters. The summed E-state index contributed by atoms with van der Waals surface area (Å²) in [6.45, 7) is 4.96. The average molecular weight is 367 g/mol. The number of hydrogen-bond acceptors (Lipinski definition) is 4. The van der Waals surface area contributed by atoms with Crippen molar-refractivity contribution in [1.29, 1.82) is 0 Å². The molecule has 1 unspecified atom stereocenters. The van der Waals surface area contributed by atoms with Crippen LogP contribution >= 0.6 is 11.8 Å². The van der Waals surface area contributed by atoms with E-state index in [1.54, 1.807) is 30.0 Å². The maximum atomic E-state index is 12.5. The largest absolute Gasteiger partial charge is 0.496 e. The van der Waals surface area contributed by atoms with E-state index in [9.17, 15) is 9.59 Å². The molecule has 0 saturated carbocycles. The second-order valence-electron chi connectivity index (χ2n) is 6.33. The highest BCUT2D eigenvalue weighted by Gasteiger charge is 2.22. The van der Waals surface area contributed by atoms with Gasteiger partial charge >= 0.3 is 0 Å². The van der Waals surface area contributed by atoms with Crippen LogP contribution in [0.15, 0.2) is 24.3 Å². The fourth-order valence-corrected chi connectivity index (χ4v) is 2.89. The number of thioether (sulfide) groups is 1. The van der Waals surface area contributed by atoms with Crippen LogP contribution in [0.25, 0.3) is 0 Å². The number of ether oxygens (including phenoxy) is 1. The molecular formula is C19H30N2O3S. The number of para-hydroxylation sites is 1. The third-order valence-electron chi connectivity index (χ3n) is 3.84. The number of hydrogen-bond donors (Lipinski definition) is 2. The van der Waals surface area contributed by atoms with Gasteiger partial charge in [0.15, 0.2) is 0 Å². The predicted octanol–water partition coefficient (Wildman–Crippen LogP) is 3.10. The van der Waals surface area contributed by atoms with Crippen molar-refractivity contribution in [3.05, 3.63) is 29.8 Å². The molecule has 0 saturated heterocycles. The van der Waals surface area contributed by atoms with Crippen LogP contribution in [0.3, 0.4) is 0 Å². The van der Waals surface area contributed by atoms with E-state index < -0.39 is 6.04 Å². The second-order valence-corrected chi connectivity index (χ2v) is 7.32. The summed E-state index contributed by atoms with van der Waals surface area (Å²) in [5.74, 6) is 1.51. The van der Waals surface area contributed by atoms with E-state index in [0.29, 0.717) is 30.2 Å². The van der Waals surface area contributed by atoms with Gasteiger partial charge in [-0.1, -0.05) is 26.0 Å². The summed E-state index contributed by atoms with van der Waals surface area (Å²) >= 11 is 1.65. The minimum atomic E-state index is -0.538. The van der Waals surface area contributed by atoms with Gasteiger partial charge in [-0.25, -0.2) is 0 Å². The first-order chi connectivity index (χ1) is 12.0. The number of amides is 2. The highest BCUT2D eigenvalue weighted by atomic mass is 32.2. The summed E-state index contributed by atoms with van der Waals surface area (Å²) in [5.41, 5.74) is 0.437. The molecule has 140 valence electrons. The van der Waals surface area contributed by atoms with Crippen LogP contribution < -0.4 is 15.4 Å². The van der Waals surface area contributed by atoms with Crippen molar-refractivity contribution < 1.29 is 14.3 Å². The number of rotatable bonds is 11. The summed E-state index contributed by atoms with van der Waals surface area (Å²) in [7, 11) is 1.53. The van der Waals surface area contributed by atoms with E-state index in [0.717, 1.165) is 18.6 Å². The first-order valence-corrected chi connectivity index (χ1v) is 10.1. The second kappa shape index (κ2) is 11.8. The molecule has 0 bridgehead atoms. The van der Waals surface area contributed by atoms with E-state index in [-0.39, 0.29) is 11.8 Å². The molecular weight excluding hydrogens is 336 g/mol. The Labute approximate surface area is 155 Å². The van der Waals surface area contributed by atoms with E-state index in [2.05, 4.69) is 24.5 Å². The summed E-state index contributed by atoms with van der Waals surface area (Å²) in [6.07, 6.45) is 4.60. The number of carbonyl (C=O) groups is 2. The fraction of sp³-hybridized carbons (Fsp3) is 0.579. The van der Waals surface area contributed by atoms with Crippen LogP contribution in [-0.4, -0.2) is 43.5 Å². The molecule has 0 spiro atoms. The van der Waals surface area contributed by atoms with Gasteiger partial charge in [0.05, 0.1) is 12.7 Å². The van der Waals surface area contributed by atoms with Crippen LogP contribution in [0.1, 0.15) is 43.5 Å². The van der Waals surface area contributed by atoms with Gasteiger partial charge in [-0.2, -0.15) is 11.8 Å². The number of nitrogens with one attached hydrogen (secondary N) is 2. The van der Waals surface area contributed by atoms with E-state index in [1.165, 1.54) is 7.11 Å². The van der Waals surface area contributed by atoms with Crippen molar-refractivity contribution in [2.24, 2.45) is 5.92 Å². The van der Waals surface area contributed by atoms with Crippen molar-refractivity contribution in [1.82, 2.24) is 10.6 Å². The molecule has 2 N–H and O–H groups in total. The Morgan fingerprint density at radius 1 is 1.20 bits per heavy atom. The molecule has 0 fully saturated rings. The molecule has 1 aromatic rings. The number of carbonyl (C=O) groups excluding carboxylic acids is 2. The van der Waals surface area contributed by atoms with Crippen LogP contribution in [0.2, 0.25) is 0 Å². The minimum absolute atomic E-state index is 0.124. The molecule has 1 aromatic carbocycles. The smallest absolute Gasteiger partial charge is 0.255 e. The van der Waals surface area contributed by atoms with Gasteiger partial charge in [-0.15, -0.1) is 0 Å². The SMILES string of the molecule is COc1ccccc1C(=O)NC(CCSC)C(=O)NCCCC(C)C. The zero-order chi connectivity index (χ0) is 18.7. The highest BCUT2D eigenvalue weighted by Crippen LogP contribution is 2.17. The normalized spacial score (nSPS) is 11.9. The molecule has 0 radical (unpaired) electrons. The topological polar surface area (TPSA) is 67.4 Å². The maximum Gasteiger partial charge on any atom is 0.255 e. The molecule has 6 heteroatoms. The van der Waals surface area contributed by atoms with Gasteiger partial charge in [-0.3, -0.25) is 9.59 Å². The Morgan fingerprint density at radius 2 is 1.92 bits per heavy atom. The number of benzene rings is 1. The minimum Gasteiger partial charge on any atom is -0.496 e. The van der Waals surface area contributed by atoms with E-state index in [1.807, 2.05) is 12.3 Å². The third-order valence-corrected chi connectivity index (χ3v) is 4.49. The maximum absolute atomic E-state index is 12.5. The van der Waals surface area contributed by atoms with Gasteiger partial charge in [0.25, 0.3) is 5.91 Å². The van der Waals surface area contributed by atoms with E-state index >= 15 is 0 Å². The van der Waals surface area contributed by atoms with Crippen LogP contribution in [0, 0.1) is 5.92 Å². The van der Waals surface area contributed by atoms with Crippen LogP contribution in [-0.2, 0) is 4.79 Å². The van der Waals surface area contributed by atoms with Crippen molar-refractivity contribution in [2.75, 3.05) is 25.7 Å². The first kappa shape index (κ1) is 21.4. The average Bonchev–Trinajstić information content (AvgIpc) is 2.61. The molecule has 2 amide bonds. The lowest BCUT2D eigenvalue weighted by Crippen LogP contribution is -2.47. The zero-order valence-corrected chi connectivity index (χ0v) is 16.4. The van der Waals surface area contributed by atoms with Gasteiger partial charge in [0.1, 0.15) is 11.8 Å². The lowest BCUT2D eigenvalue weighted by atomic mass is 10.1. The molecule has 0 heterocycles. The molecule has 25 heavy (non-hydrogen) atoms. The van der Waals surface area contributed by atoms with Gasteiger partial charge in [0, 0.05) is 6.54 Å². The van der Waals surface area contributed by atoms with Crippen molar-refractivity contribution in [2.45, 2.75) is 39.2 Å². The first-order valence-electron chi connectivity index (χ1n) is 8.70. The molecule has 5 nitrogen and oxygen atoms in total.